The Morgan fingerprint density at radius 1 is 1.44 bits per heavy atom. The van der Waals surface area contributed by atoms with Crippen LogP contribution in [0.5, 0.6) is 0 Å². The van der Waals surface area contributed by atoms with E-state index in [9.17, 15) is 5.11 Å². The second-order valence-electron chi connectivity index (χ2n) is 3.54. The van der Waals surface area contributed by atoms with Crippen molar-refractivity contribution >= 4 is 15.9 Å². The number of methoxy groups -OCH3 is 1. The third-order valence-corrected chi connectivity index (χ3v) is 3.66. The SMILES string of the molecule is CO[C@H]1[C@H](Br)c2ccccc2[C@@H](O)N1C#N. The van der Waals surface area contributed by atoms with Gasteiger partial charge >= 0.3 is 0 Å². The number of fused-ring (bicyclic) bond motifs is 1. The molecule has 1 N–H and O–H groups in total. The number of aliphatic hydroxyl groups excluding tert-OH is 1. The van der Waals surface area contributed by atoms with Crippen molar-refractivity contribution < 1.29 is 9.84 Å². The molecule has 0 saturated carbocycles. The van der Waals surface area contributed by atoms with Crippen LogP contribution >= 0.6 is 15.9 Å². The number of hydrogen-bond donors (Lipinski definition) is 1. The van der Waals surface area contributed by atoms with Gasteiger partial charge < -0.3 is 9.84 Å². The van der Waals surface area contributed by atoms with Crippen LogP contribution in [0.4, 0.5) is 0 Å². The maximum atomic E-state index is 10.0. The molecule has 0 amide bonds. The van der Waals surface area contributed by atoms with Gasteiger partial charge in [0.15, 0.2) is 18.6 Å². The Bertz CT molecular complexity index is 432. The van der Waals surface area contributed by atoms with E-state index >= 15 is 0 Å². The predicted molar refractivity (Wildman–Crippen MR) is 61.3 cm³/mol. The molecule has 0 fully saturated rings. The van der Waals surface area contributed by atoms with Gasteiger partial charge in [-0.15, -0.1) is 0 Å². The third-order valence-electron chi connectivity index (χ3n) is 2.72. The molecule has 0 radical (unpaired) electrons. The molecule has 5 heteroatoms. The van der Waals surface area contributed by atoms with Crippen molar-refractivity contribution in [3.05, 3.63) is 35.4 Å². The Balaban J connectivity index is 2.51. The number of nitriles is 1. The zero-order valence-electron chi connectivity index (χ0n) is 8.67. The zero-order chi connectivity index (χ0) is 11.7. The van der Waals surface area contributed by atoms with Crippen LogP contribution in [0.25, 0.3) is 0 Å². The second-order valence-corrected chi connectivity index (χ2v) is 4.52. The van der Waals surface area contributed by atoms with Gasteiger partial charge in [-0.25, -0.2) is 0 Å². The summed E-state index contributed by atoms with van der Waals surface area (Å²) in [7, 11) is 1.52. The maximum Gasteiger partial charge on any atom is 0.184 e. The van der Waals surface area contributed by atoms with Crippen LogP contribution in [-0.4, -0.2) is 23.3 Å². The van der Waals surface area contributed by atoms with Gasteiger partial charge in [0.1, 0.15) is 0 Å². The Morgan fingerprint density at radius 3 is 2.62 bits per heavy atom. The molecular weight excluding hydrogens is 272 g/mol. The van der Waals surface area contributed by atoms with Gasteiger partial charge in [0.25, 0.3) is 0 Å². The van der Waals surface area contributed by atoms with Crippen molar-refractivity contribution in [1.29, 1.82) is 5.26 Å². The van der Waals surface area contributed by atoms with Crippen molar-refractivity contribution in [2.45, 2.75) is 17.3 Å². The molecule has 0 aliphatic carbocycles. The normalized spacial score (nSPS) is 28.4. The lowest BCUT2D eigenvalue weighted by atomic mass is 9.97. The van der Waals surface area contributed by atoms with Gasteiger partial charge in [0.2, 0.25) is 0 Å². The Morgan fingerprint density at radius 2 is 2.06 bits per heavy atom. The minimum absolute atomic E-state index is 0.128. The lowest BCUT2D eigenvalue weighted by Gasteiger charge is -2.39. The molecule has 0 unspecified atom stereocenters. The van der Waals surface area contributed by atoms with Crippen molar-refractivity contribution in [3.8, 4) is 6.19 Å². The lowest BCUT2D eigenvalue weighted by Crippen LogP contribution is -2.43. The van der Waals surface area contributed by atoms with Crippen LogP contribution in [0.1, 0.15) is 22.2 Å². The van der Waals surface area contributed by atoms with Crippen LogP contribution in [0.3, 0.4) is 0 Å². The van der Waals surface area contributed by atoms with Crippen LogP contribution in [0.2, 0.25) is 0 Å². The fraction of sp³-hybridized carbons (Fsp3) is 0.364. The maximum absolute atomic E-state index is 10.0. The fourth-order valence-electron chi connectivity index (χ4n) is 1.93. The minimum Gasteiger partial charge on any atom is -0.369 e. The standard InChI is InChI=1S/C11H11BrN2O2/c1-16-11-9(12)7-4-2-3-5-8(7)10(15)14(11)6-13/h2-5,9-11,15H,1H3/t9-,10-,11+/m1/s1. The van der Waals surface area contributed by atoms with E-state index in [1.54, 1.807) is 0 Å². The summed E-state index contributed by atoms with van der Waals surface area (Å²) in [5, 5.41) is 19.1. The summed E-state index contributed by atoms with van der Waals surface area (Å²) in [4.78, 5) is 1.11. The van der Waals surface area contributed by atoms with E-state index in [4.69, 9.17) is 10.00 Å². The van der Waals surface area contributed by atoms with Gasteiger partial charge in [-0.05, 0) is 5.56 Å². The van der Waals surface area contributed by atoms with Crippen molar-refractivity contribution in [3.63, 3.8) is 0 Å². The molecule has 1 aromatic rings. The number of nitrogens with zero attached hydrogens (tertiary/aromatic N) is 2. The monoisotopic (exact) mass is 282 g/mol. The van der Waals surface area contributed by atoms with Gasteiger partial charge in [-0.3, -0.25) is 4.90 Å². The summed E-state index contributed by atoms with van der Waals surface area (Å²) in [6, 6.07) is 7.46. The van der Waals surface area contributed by atoms with E-state index in [1.807, 2.05) is 30.5 Å². The molecule has 1 aromatic carbocycles. The quantitative estimate of drug-likeness (QED) is 0.631. The highest BCUT2D eigenvalue weighted by Crippen LogP contribution is 2.41. The number of aliphatic hydroxyl groups is 1. The van der Waals surface area contributed by atoms with Crippen LogP contribution in [0, 0.1) is 11.5 Å². The molecular formula is C11H11BrN2O2. The van der Waals surface area contributed by atoms with E-state index in [2.05, 4.69) is 15.9 Å². The molecule has 1 aliphatic rings. The predicted octanol–water partition coefficient (Wildman–Crippen LogP) is 1.88. The van der Waals surface area contributed by atoms with Gasteiger partial charge in [0.05, 0.1) is 4.83 Å². The first kappa shape index (κ1) is 11.4. The molecule has 1 aliphatic heterocycles. The van der Waals surface area contributed by atoms with Gasteiger partial charge in [-0.1, -0.05) is 40.2 Å². The first-order chi connectivity index (χ1) is 7.70. The topological polar surface area (TPSA) is 56.5 Å². The summed E-state index contributed by atoms with van der Waals surface area (Å²) < 4.78 is 5.23. The van der Waals surface area contributed by atoms with E-state index in [-0.39, 0.29) is 4.83 Å². The molecule has 2 rings (SSSR count). The largest absolute Gasteiger partial charge is 0.369 e. The first-order valence-corrected chi connectivity index (χ1v) is 5.74. The summed E-state index contributed by atoms with van der Waals surface area (Å²) in [6.45, 7) is 0. The molecule has 84 valence electrons. The Labute approximate surface area is 102 Å². The number of benzene rings is 1. The average molecular weight is 283 g/mol. The molecule has 16 heavy (non-hydrogen) atoms. The smallest absolute Gasteiger partial charge is 0.184 e. The second kappa shape index (κ2) is 4.42. The molecule has 0 saturated heterocycles. The van der Waals surface area contributed by atoms with E-state index < -0.39 is 12.5 Å². The zero-order valence-corrected chi connectivity index (χ0v) is 10.3. The van der Waals surface area contributed by atoms with Gasteiger partial charge in [-0.2, -0.15) is 5.26 Å². The first-order valence-electron chi connectivity index (χ1n) is 4.82. The third kappa shape index (κ3) is 1.59. The molecule has 3 atom stereocenters. The van der Waals surface area contributed by atoms with Crippen LogP contribution in [-0.2, 0) is 4.74 Å². The number of rotatable bonds is 1. The summed E-state index contributed by atoms with van der Waals surface area (Å²) in [5.74, 6) is 0. The van der Waals surface area contributed by atoms with Crippen molar-refractivity contribution in [2.75, 3.05) is 7.11 Å². The molecule has 0 bridgehead atoms. The fourth-order valence-corrected chi connectivity index (χ4v) is 2.81. The highest BCUT2D eigenvalue weighted by Gasteiger charge is 2.38. The molecule has 0 aromatic heterocycles. The Hall–Kier alpha value is -1.09. The summed E-state index contributed by atoms with van der Waals surface area (Å²) >= 11 is 3.49. The van der Waals surface area contributed by atoms with E-state index in [1.165, 1.54) is 12.0 Å². The Kier molecular flexibility index (Phi) is 3.15. The molecule has 0 spiro atoms. The average Bonchev–Trinajstić information content (AvgIpc) is 2.33. The van der Waals surface area contributed by atoms with Crippen molar-refractivity contribution in [2.24, 2.45) is 0 Å². The highest BCUT2D eigenvalue weighted by molar-refractivity contribution is 9.09. The number of alkyl halides is 1. The highest BCUT2D eigenvalue weighted by atomic mass is 79.9. The van der Waals surface area contributed by atoms with E-state index in [0.717, 1.165) is 11.1 Å². The minimum atomic E-state index is -0.944. The van der Waals surface area contributed by atoms with Crippen LogP contribution in [0.15, 0.2) is 24.3 Å². The van der Waals surface area contributed by atoms with Crippen LogP contribution < -0.4 is 0 Å². The molecule has 4 nitrogen and oxygen atoms in total. The summed E-state index contributed by atoms with van der Waals surface area (Å²) in [6.07, 6.45) is 0.519. The molecule has 1 heterocycles. The lowest BCUT2D eigenvalue weighted by molar-refractivity contribution is -0.0960. The number of hydrogen-bond acceptors (Lipinski definition) is 4. The number of ether oxygens (including phenoxy) is 1. The number of halogens is 1. The van der Waals surface area contributed by atoms with Gasteiger partial charge in [0, 0.05) is 12.7 Å². The van der Waals surface area contributed by atoms with Crippen molar-refractivity contribution in [1.82, 2.24) is 4.90 Å². The van der Waals surface area contributed by atoms with E-state index in [0.29, 0.717) is 0 Å². The summed E-state index contributed by atoms with van der Waals surface area (Å²) in [5.41, 5.74) is 1.69.